The second-order valence-electron chi connectivity index (χ2n) is 6.54. The van der Waals surface area contributed by atoms with Gasteiger partial charge in [-0.05, 0) is 37.6 Å². The summed E-state index contributed by atoms with van der Waals surface area (Å²) in [7, 11) is 0. The van der Waals surface area contributed by atoms with Gasteiger partial charge < -0.3 is 10.1 Å². The van der Waals surface area contributed by atoms with Crippen LogP contribution in [0.5, 0.6) is 0 Å². The standard InChI is InChI=1S/C21H21N3O4S/c1-14-5-7-16(8-6-14)22-18(25)12-29-13-20(27)28-11-17-10-19(26)24-9-3-4-15(2)21(24)23-17/h3-10H,11-13H2,1-2H3,(H,22,25). The summed E-state index contributed by atoms with van der Waals surface area (Å²) in [6, 6.07) is 12.5. The van der Waals surface area contributed by atoms with E-state index in [1.807, 2.05) is 44.2 Å². The van der Waals surface area contributed by atoms with Gasteiger partial charge in [-0.1, -0.05) is 23.8 Å². The maximum Gasteiger partial charge on any atom is 0.316 e. The van der Waals surface area contributed by atoms with Gasteiger partial charge in [-0.2, -0.15) is 0 Å². The van der Waals surface area contributed by atoms with Gasteiger partial charge in [-0.3, -0.25) is 18.8 Å². The number of carbonyl (C=O) groups is 2. The lowest BCUT2D eigenvalue weighted by molar-refractivity contribution is -0.141. The Labute approximate surface area is 172 Å². The van der Waals surface area contributed by atoms with E-state index < -0.39 is 5.97 Å². The molecule has 0 aliphatic heterocycles. The highest BCUT2D eigenvalue weighted by molar-refractivity contribution is 8.00. The highest BCUT2D eigenvalue weighted by atomic mass is 32.2. The van der Waals surface area contributed by atoms with Crippen LogP contribution in [0.2, 0.25) is 0 Å². The maximum atomic E-state index is 12.1. The number of nitrogens with zero attached hydrogens (tertiary/aromatic N) is 2. The van der Waals surface area contributed by atoms with Gasteiger partial charge in [-0.25, -0.2) is 4.98 Å². The SMILES string of the molecule is Cc1ccc(NC(=O)CSCC(=O)OCc2cc(=O)n3cccc(C)c3n2)cc1. The number of benzene rings is 1. The van der Waals surface area contributed by atoms with Crippen LogP contribution in [0.1, 0.15) is 16.8 Å². The Morgan fingerprint density at radius 1 is 1.14 bits per heavy atom. The van der Waals surface area contributed by atoms with E-state index >= 15 is 0 Å². The number of amides is 1. The molecule has 1 amide bonds. The number of hydrogen-bond acceptors (Lipinski definition) is 6. The van der Waals surface area contributed by atoms with E-state index in [1.54, 1.807) is 12.3 Å². The lowest BCUT2D eigenvalue weighted by Crippen LogP contribution is -2.18. The molecule has 0 aliphatic rings. The molecular formula is C21H21N3O4S. The van der Waals surface area contributed by atoms with Crippen molar-refractivity contribution in [1.82, 2.24) is 9.38 Å². The fourth-order valence-corrected chi connectivity index (χ4v) is 3.25. The number of nitrogens with one attached hydrogen (secondary N) is 1. The zero-order valence-corrected chi connectivity index (χ0v) is 17.0. The van der Waals surface area contributed by atoms with Crippen LogP contribution in [-0.4, -0.2) is 32.8 Å². The van der Waals surface area contributed by atoms with E-state index in [1.165, 1.54) is 10.5 Å². The molecule has 0 fully saturated rings. The number of esters is 1. The zero-order valence-electron chi connectivity index (χ0n) is 16.2. The molecule has 29 heavy (non-hydrogen) atoms. The van der Waals surface area contributed by atoms with Gasteiger partial charge in [-0.15, -0.1) is 11.8 Å². The number of hydrogen-bond donors (Lipinski definition) is 1. The molecule has 0 bridgehead atoms. The van der Waals surface area contributed by atoms with E-state index in [-0.39, 0.29) is 29.6 Å². The highest BCUT2D eigenvalue weighted by Crippen LogP contribution is 2.10. The lowest BCUT2D eigenvalue weighted by Gasteiger charge is -2.08. The largest absolute Gasteiger partial charge is 0.459 e. The number of aryl methyl sites for hydroxylation is 2. The zero-order chi connectivity index (χ0) is 20.8. The Balaban J connectivity index is 1.46. The fourth-order valence-electron chi connectivity index (χ4n) is 2.64. The predicted octanol–water partition coefficient (Wildman–Crippen LogP) is 2.73. The number of pyridine rings is 1. The summed E-state index contributed by atoms with van der Waals surface area (Å²) in [5.74, 6) is -0.485. The molecule has 0 atom stereocenters. The minimum absolute atomic E-state index is 0.0346. The number of rotatable bonds is 7. The summed E-state index contributed by atoms with van der Waals surface area (Å²) in [6.45, 7) is 3.74. The van der Waals surface area contributed by atoms with Crippen LogP contribution < -0.4 is 10.9 Å². The molecule has 0 saturated heterocycles. The van der Waals surface area contributed by atoms with Crippen LogP contribution in [0.25, 0.3) is 5.65 Å². The Morgan fingerprint density at radius 3 is 2.66 bits per heavy atom. The van der Waals surface area contributed by atoms with E-state index in [2.05, 4.69) is 10.3 Å². The maximum absolute atomic E-state index is 12.1. The smallest absolute Gasteiger partial charge is 0.316 e. The summed E-state index contributed by atoms with van der Waals surface area (Å²) < 4.78 is 6.63. The molecule has 0 unspecified atom stereocenters. The van der Waals surface area contributed by atoms with Gasteiger partial charge in [0.1, 0.15) is 12.3 Å². The van der Waals surface area contributed by atoms with Gasteiger partial charge in [0.25, 0.3) is 5.56 Å². The van der Waals surface area contributed by atoms with Crippen LogP contribution in [0, 0.1) is 13.8 Å². The number of ether oxygens (including phenoxy) is 1. The summed E-state index contributed by atoms with van der Waals surface area (Å²) in [5, 5.41) is 2.77. The molecule has 0 saturated carbocycles. The average molecular weight is 411 g/mol. The van der Waals surface area contributed by atoms with E-state index in [4.69, 9.17) is 4.74 Å². The van der Waals surface area contributed by atoms with Crippen molar-refractivity contribution in [3.05, 3.63) is 75.8 Å². The Kier molecular flexibility index (Phi) is 6.66. The van der Waals surface area contributed by atoms with E-state index in [0.717, 1.165) is 22.9 Å². The van der Waals surface area contributed by atoms with Crippen LogP contribution in [0.3, 0.4) is 0 Å². The molecule has 0 spiro atoms. The van der Waals surface area contributed by atoms with E-state index in [9.17, 15) is 14.4 Å². The van der Waals surface area contributed by atoms with Crippen molar-refractivity contribution in [2.45, 2.75) is 20.5 Å². The third-order valence-electron chi connectivity index (χ3n) is 4.11. The molecule has 0 radical (unpaired) electrons. The number of aromatic nitrogens is 2. The fraction of sp³-hybridized carbons (Fsp3) is 0.238. The van der Waals surface area contributed by atoms with Crippen molar-refractivity contribution < 1.29 is 14.3 Å². The molecule has 8 heteroatoms. The third-order valence-corrected chi connectivity index (χ3v) is 5.01. The van der Waals surface area contributed by atoms with Gasteiger partial charge in [0.2, 0.25) is 5.91 Å². The first-order chi connectivity index (χ1) is 13.9. The monoisotopic (exact) mass is 411 g/mol. The van der Waals surface area contributed by atoms with E-state index in [0.29, 0.717) is 17.0 Å². The molecule has 1 aromatic carbocycles. The topological polar surface area (TPSA) is 89.8 Å². The average Bonchev–Trinajstić information content (AvgIpc) is 2.69. The number of fused-ring (bicyclic) bond motifs is 1. The second kappa shape index (κ2) is 9.38. The molecule has 2 aromatic heterocycles. The summed E-state index contributed by atoms with van der Waals surface area (Å²) in [6.07, 6.45) is 1.64. The van der Waals surface area contributed by atoms with Crippen LogP contribution >= 0.6 is 11.8 Å². The molecule has 150 valence electrons. The summed E-state index contributed by atoms with van der Waals surface area (Å²) >= 11 is 1.16. The van der Waals surface area contributed by atoms with Crippen molar-refractivity contribution in [2.24, 2.45) is 0 Å². The van der Waals surface area contributed by atoms with Gasteiger partial charge in [0.15, 0.2) is 0 Å². The third kappa shape index (κ3) is 5.68. The molecule has 2 heterocycles. The Bertz CT molecular complexity index is 1090. The quantitative estimate of drug-likeness (QED) is 0.602. The van der Waals surface area contributed by atoms with Crippen molar-refractivity contribution in [2.75, 3.05) is 16.8 Å². The van der Waals surface area contributed by atoms with Crippen LogP contribution in [0.15, 0.2) is 53.5 Å². The molecule has 0 aliphatic carbocycles. The number of thioether (sulfide) groups is 1. The molecule has 1 N–H and O–H groups in total. The highest BCUT2D eigenvalue weighted by Gasteiger charge is 2.10. The first-order valence-corrected chi connectivity index (χ1v) is 10.2. The van der Waals surface area contributed by atoms with Gasteiger partial charge >= 0.3 is 5.97 Å². The Hall–Kier alpha value is -3.13. The van der Waals surface area contributed by atoms with Crippen molar-refractivity contribution in [1.29, 1.82) is 0 Å². The first kappa shape index (κ1) is 20.6. The number of anilines is 1. The van der Waals surface area contributed by atoms with Gasteiger partial charge in [0, 0.05) is 18.0 Å². The minimum atomic E-state index is -0.468. The van der Waals surface area contributed by atoms with Crippen LogP contribution in [-0.2, 0) is 20.9 Å². The van der Waals surface area contributed by atoms with Crippen LogP contribution in [0.4, 0.5) is 5.69 Å². The van der Waals surface area contributed by atoms with Crippen molar-refractivity contribution in [3.63, 3.8) is 0 Å². The Morgan fingerprint density at radius 2 is 1.90 bits per heavy atom. The molecule has 7 nitrogen and oxygen atoms in total. The number of carbonyl (C=O) groups excluding carboxylic acids is 2. The first-order valence-electron chi connectivity index (χ1n) is 9.00. The molecule has 3 rings (SSSR count). The van der Waals surface area contributed by atoms with Crippen molar-refractivity contribution in [3.8, 4) is 0 Å². The summed E-state index contributed by atoms with van der Waals surface area (Å²) in [5.41, 5.74) is 3.37. The normalized spacial score (nSPS) is 10.7. The second-order valence-corrected chi connectivity index (χ2v) is 7.52. The molecular weight excluding hydrogens is 390 g/mol. The molecule has 3 aromatic rings. The lowest BCUT2D eigenvalue weighted by atomic mass is 10.2. The van der Waals surface area contributed by atoms with Crippen molar-refractivity contribution >= 4 is 35.0 Å². The van der Waals surface area contributed by atoms with Gasteiger partial charge in [0.05, 0.1) is 17.2 Å². The minimum Gasteiger partial charge on any atom is -0.459 e. The summed E-state index contributed by atoms with van der Waals surface area (Å²) in [4.78, 5) is 40.4. The predicted molar refractivity (Wildman–Crippen MR) is 113 cm³/mol.